The molecule has 1 heterocycles. The molecule has 2 rings (SSSR count). The highest BCUT2D eigenvalue weighted by Crippen LogP contribution is 2.31. The third-order valence-corrected chi connectivity index (χ3v) is 3.69. The van der Waals surface area contributed by atoms with Crippen molar-refractivity contribution in [2.75, 3.05) is 18.5 Å². The van der Waals surface area contributed by atoms with E-state index in [0.717, 1.165) is 43.7 Å². The Bertz CT molecular complexity index is 419. The number of nitrogens with zero attached hydrogens (tertiary/aromatic N) is 3. The summed E-state index contributed by atoms with van der Waals surface area (Å²) >= 11 is 5.98. The van der Waals surface area contributed by atoms with Gasteiger partial charge in [-0.2, -0.15) is 0 Å². The number of halogens is 1. The largest absolute Gasteiger partial charge is 0.388 e. The van der Waals surface area contributed by atoms with Gasteiger partial charge in [-0.3, -0.25) is 0 Å². The molecule has 0 aromatic carbocycles. The zero-order chi connectivity index (χ0) is 13.2. The Labute approximate surface area is 113 Å². The van der Waals surface area contributed by atoms with E-state index in [1.807, 2.05) is 18.9 Å². The zero-order valence-electron chi connectivity index (χ0n) is 11.0. The summed E-state index contributed by atoms with van der Waals surface area (Å²) in [6.45, 7) is 2.60. The number of likely N-dealkylation sites (N-methyl/N-ethyl adjacent to an activating group) is 1. The number of aromatic nitrogens is 2. The summed E-state index contributed by atoms with van der Waals surface area (Å²) in [4.78, 5) is 10.6. The van der Waals surface area contributed by atoms with Crippen molar-refractivity contribution < 1.29 is 5.11 Å². The van der Waals surface area contributed by atoms with Crippen LogP contribution in [0.4, 0.5) is 5.82 Å². The van der Waals surface area contributed by atoms with Gasteiger partial charge in [-0.25, -0.2) is 9.97 Å². The molecule has 0 spiro atoms. The SMILES string of the molecule is CCc1nc(Cl)cc(N(C)CC2(O)CCCC2)n1. The van der Waals surface area contributed by atoms with Gasteiger partial charge in [0.05, 0.1) is 5.60 Å². The number of anilines is 1. The number of rotatable bonds is 4. The third kappa shape index (κ3) is 3.12. The van der Waals surface area contributed by atoms with Crippen LogP contribution >= 0.6 is 11.6 Å². The first-order valence-corrected chi connectivity index (χ1v) is 6.87. The van der Waals surface area contributed by atoms with Gasteiger partial charge in [-0.05, 0) is 12.8 Å². The van der Waals surface area contributed by atoms with E-state index in [9.17, 15) is 5.11 Å². The maximum Gasteiger partial charge on any atom is 0.134 e. The number of aliphatic hydroxyl groups is 1. The van der Waals surface area contributed by atoms with Crippen LogP contribution in [-0.2, 0) is 6.42 Å². The van der Waals surface area contributed by atoms with E-state index < -0.39 is 5.60 Å². The zero-order valence-corrected chi connectivity index (χ0v) is 11.7. The smallest absolute Gasteiger partial charge is 0.134 e. The molecule has 0 atom stereocenters. The van der Waals surface area contributed by atoms with Crippen LogP contribution in [0.5, 0.6) is 0 Å². The van der Waals surface area contributed by atoms with Crippen LogP contribution < -0.4 is 4.90 Å². The van der Waals surface area contributed by atoms with E-state index in [0.29, 0.717) is 11.7 Å². The van der Waals surface area contributed by atoms with Gasteiger partial charge in [-0.1, -0.05) is 31.4 Å². The third-order valence-electron chi connectivity index (χ3n) is 3.50. The molecule has 4 nitrogen and oxygen atoms in total. The fourth-order valence-electron chi connectivity index (χ4n) is 2.52. The van der Waals surface area contributed by atoms with Gasteiger partial charge in [-0.15, -0.1) is 0 Å². The molecule has 0 saturated heterocycles. The summed E-state index contributed by atoms with van der Waals surface area (Å²) in [6, 6.07) is 1.75. The van der Waals surface area contributed by atoms with Crippen molar-refractivity contribution in [1.82, 2.24) is 9.97 Å². The molecule has 0 amide bonds. The minimum absolute atomic E-state index is 0.460. The van der Waals surface area contributed by atoms with Crippen LogP contribution in [0.15, 0.2) is 6.07 Å². The summed E-state index contributed by atoms with van der Waals surface area (Å²) in [5, 5.41) is 10.9. The highest BCUT2D eigenvalue weighted by molar-refractivity contribution is 6.29. The Hall–Kier alpha value is -0.870. The lowest BCUT2D eigenvalue weighted by molar-refractivity contribution is 0.0558. The monoisotopic (exact) mass is 269 g/mol. The van der Waals surface area contributed by atoms with Gasteiger partial charge in [0.2, 0.25) is 0 Å². The normalized spacial score (nSPS) is 18.0. The molecule has 1 aromatic heterocycles. The molecular weight excluding hydrogens is 250 g/mol. The molecular formula is C13H20ClN3O. The van der Waals surface area contributed by atoms with Gasteiger partial charge in [0, 0.05) is 26.1 Å². The van der Waals surface area contributed by atoms with E-state index in [-0.39, 0.29) is 0 Å². The Balaban J connectivity index is 2.12. The summed E-state index contributed by atoms with van der Waals surface area (Å²) < 4.78 is 0. The van der Waals surface area contributed by atoms with E-state index in [2.05, 4.69) is 9.97 Å². The second-order valence-corrected chi connectivity index (χ2v) is 5.49. The molecule has 100 valence electrons. The average Bonchev–Trinajstić information content (AvgIpc) is 2.74. The van der Waals surface area contributed by atoms with Crippen molar-refractivity contribution in [3.05, 3.63) is 17.0 Å². The molecule has 0 aliphatic heterocycles. The van der Waals surface area contributed by atoms with Gasteiger partial charge in [0.1, 0.15) is 16.8 Å². The van der Waals surface area contributed by atoms with Gasteiger partial charge in [0.15, 0.2) is 0 Å². The molecule has 0 radical (unpaired) electrons. The van der Waals surface area contributed by atoms with Gasteiger partial charge in [0.25, 0.3) is 0 Å². The Kier molecular flexibility index (Phi) is 4.07. The lowest BCUT2D eigenvalue weighted by Gasteiger charge is -2.29. The quantitative estimate of drug-likeness (QED) is 0.853. The molecule has 18 heavy (non-hydrogen) atoms. The van der Waals surface area contributed by atoms with Crippen LogP contribution in [0.25, 0.3) is 0 Å². The summed E-state index contributed by atoms with van der Waals surface area (Å²) in [6.07, 6.45) is 4.71. The number of aryl methyl sites for hydroxylation is 1. The second-order valence-electron chi connectivity index (χ2n) is 5.11. The highest BCUT2D eigenvalue weighted by Gasteiger charge is 2.32. The van der Waals surface area contributed by atoms with Crippen molar-refractivity contribution in [2.45, 2.75) is 44.6 Å². The standard InChI is InChI=1S/C13H20ClN3O/c1-3-11-15-10(14)8-12(16-11)17(2)9-13(18)6-4-5-7-13/h8,18H,3-7,9H2,1-2H3. The molecule has 1 aliphatic rings. The van der Waals surface area contributed by atoms with Crippen molar-refractivity contribution in [3.63, 3.8) is 0 Å². The maximum absolute atomic E-state index is 10.4. The summed E-state index contributed by atoms with van der Waals surface area (Å²) in [5.74, 6) is 1.52. The lowest BCUT2D eigenvalue weighted by Crippen LogP contribution is -2.39. The number of hydrogen-bond acceptors (Lipinski definition) is 4. The van der Waals surface area contributed by atoms with Gasteiger partial charge >= 0.3 is 0 Å². The predicted octanol–water partition coefficient (Wildman–Crippen LogP) is 2.43. The van der Waals surface area contributed by atoms with Crippen molar-refractivity contribution in [2.24, 2.45) is 0 Å². The Morgan fingerprint density at radius 2 is 2.06 bits per heavy atom. The first-order chi connectivity index (χ1) is 8.52. The summed E-state index contributed by atoms with van der Waals surface area (Å²) in [7, 11) is 1.94. The van der Waals surface area contributed by atoms with Crippen molar-refractivity contribution >= 4 is 17.4 Å². The van der Waals surface area contributed by atoms with E-state index in [1.165, 1.54) is 0 Å². The Morgan fingerprint density at radius 3 is 2.67 bits per heavy atom. The Morgan fingerprint density at radius 1 is 1.39 bits per heavy atom. The average molecular weight is 270 g/mol. The molecule has 1 saturated carbocycles. The lowest BCUT2D eigenvalue weighted by atomic mass is 10.0. The van der Waals surface area contributed by atoms with Crippen LogP contribution in [0, 0.1) is 0 Å². The molecule has 5 heteroatoms. The molecule has 1 aliphatic carbocycles. The van der Waals surface area contributed by atoms with E-state index >= 15 is 0 Å². The minimum Gasteiger partial charge on any atom is -0.388 e. The second kappa shape index (κ2) is 5.41. The van der Waals surface area contributed by atoms with Crippen LogP contribution in [0.2, 0.25) is 5.15 Å². The molecule has 1 aromatic rings. The van der Waals surface area contributed by atoms with Crippen molar-refractivity contribution in [3.8, 4) is 0 Å². The van der Waals surface area contributed by atoms with Crippen molar-refractivity contribution in [1.29, 1.82) is 0 Å². The number of hydrogen-bond donors (Lipinski definition) is 1. The highest BCUT2D eigenvalue weighted by atomic mass is 35.5. The predicted molar refractivity (Wildman–Crippen MR) is 73.1 cm³/mol. The topological polar surface area (TPSA) is 49.2 Å². The van der Waals surface area contributed by atoms with Gasteiger partial charge < -0.3 is 10.0 Å². The first kappa shape index (κ1) is 13.6. The minimum atomic E-state index is -0.571. The fraction of sp³-hybridized carbons (Fsp3) is 0.692. The van der Waals surface area contributed by atoms with Crippen LogP contribution in [0.3, 0.4) is 0 Å². The fourth-order valence-corrected chi connectivity index (χ4v) is 2.71. The molecule has 0 unspecified atom stereocenters. The van der Waals surface area contributed by atoms with Crippen LogP contribution in [0.1, 0.15) is 38.4 Å². The van der Waals surface area contributed by atoms with Crippen LogP contribution in [-0.4, -0.2) is 34.3 Å². The molecule has 1 fully saturated rings. The van der Waals surface area contributed by atoms with E-state index in [4.69, 9.17) is 11.6 Å². The molecule has 1 N–H and O–H groups in total. The summed E-state index contributed by atoms with van der Waals surface area (Å²) in [5.41, 5.74) is -0.571. The molecule has 0 bridgehead atoms. The maximum atomic E-state index is 10.4. The first-order valence-electron chi connectivity index (χ1n) is 6.49. The van der Waals surface area contributed by atoms with E-state index in [1.54, 1.807) is 6.07 Å².